The van der Waals surface area contributed by atoms with Gasteiger partial charge in [0.15, 0.2) is 6.61 Å². The van der Waals surface area contributed by atoms with Crippen molar-refractivity contribution in [2.75, 3.05) is 6.61 Å². The van der Waals surface area contributed by atoms with E-state index in [2.05, 4.69) is 10.9 Å². The van der Waals surface area contributed by atoms with Crippen LogP contribution in [0.15, 0.2) is 53.4 Å². The van der Waals surface area contributed by atoms with E-state index < -0.39 is 5.91 Å². The van der Waals surface area contributed by atoms with Crippen LogP contribution in [0.5, 0.6) is 5.75 Å². The molecule has 1 atom stereocenters. The second-order valence-electron chi connectivity index (χ2n) is 5.51. The molecular weight excluding hydrogens is 350 g/mol. The summed E-state index contributed by atoms with van der Waals surface area (Å²) in [5.74, 6) is -0.514. The Kier molecular flexibility index (Phi) is 7.06. The third-order valence-corrected chi connectivity index (χ3v) is 4.51. The second kappa shape index (κ2) is 9.49. The molecule has 0 aromatic heterocycles. The molecule has 0 saturated carbocycles. The average Bonchev–Trinajstić information content (AvgIpc) is 2.66. The quantitative estimate of drug-likeness (QED) is 0.603. The third kappa shape index (κ3) is 5.83. The number of ether oxygens (including phenoxy) is 1. The Hall–Kier alpha value is -2.98. The number of hydrogen-bond donors (Lipinski definition) is 2. The van der Waals surface area contributed by atoms with Gasteiger partial charge in [0.1, 0.15) is 11.8 Å². The van der Waals surface area contributed by atoms with E-state index >= 15 is 0 Å². The number of para-hydroxylation sites is 1. The van der Waals surface area contributed by atoms with Crippen molar-refractivity contribution in [2.24, 2.45) is 0 Å². The van der Waals surface area contributed by atoms with Gasteiger partial charge < -0.3 is 4.74 Å². The molecule has 0 radical (unpaired) electrons. The van der Waals surface area contributed by atoms with Gasteiger partial charge in [0.25, 0.3) is 11.8 Å². The molecule has 2 N–H and O–H groups in total. The molecule has 0 bridgehead atoms. The molecule has 26 heavy (non-hydrogen) atoms. The maximum Gasteiger partial charge on any atom is 0.276 e. The predicted molar refractivity (Wildman–Crippen MR) is 99.4 cm³/mol. The lowest BCUT2D eigenvalue weighted by Gasteiger charge is -2.13. The highest BCUT2D eigenvalue weighted by molar-refractivity contribution is 8.00. The zero-order valence-corrected chi connectivity index (χ0v) is 15.3. The molecule has 134 valence electrons. The summed E-state index contributed by atoms with van der Waals surface area (Å²) in [4.78, 5) is 24.8. The number of carbonyl (C=O) groups excluding carboxylic acids is 2. The fraction of sp³-hybridized carbons (Fsp3) is 0.211. The van der Waals surface area contributed by atoms with Crippen molar-refractivity contribution in [2.45, 2.75) is 24.0 Å². The topological polar surface area (TPSA) is 91.2 Å². The molecule has 0 aliphatic rings. The minimum absolute atomic E-state index is 0.307. The number of hydrogen-bond acceptors (Lipinski definition) is 5. The first-order valence-electron chi connectivity index (χ1n) is 7.93. The normalized spacial score (nSPS) is 11.1. The number of benzene rings is 2. The van der Waals surface area contributed by atoms with Gasteiger partial charge in [0.05, 0.1) is 10.8 Å². The van der Waals surface area contributed by atoms with Crippen LogP contribution >= 0.6 is 11.8 Å². The summed E-state index contributed by atoms with van der Waals surface area (Å²) in [5, 5.41) is 8.59. The highest BCUT2D eigenvalue weighted by Crippen LogP contribution is 2.23. The fourth-order valence-corrected chi connectivity index (χ4v) is 2.84. The monoisotopic (exact) mass is 369 g/mol. The van der Waals surface area contributed by atoms with Gasteiger partial charge in [-0.15, -0.1) is 11.8 Å². The van der Waals surface area contributed by atoms with Gasteiger partial charge in [-0.05, 0) is 38.1 Å². The lowest BCUT2D eigenvalue weighted by molar-refractivity contribution is -0.129. The summed E-state index contributed by atoms with van der Waals surface area (Å²) in [5.41, 5.74) is 6.17. The first-order chi connectivity index (χ1) is 12.5. The van der Waals surface area contributed by atoms with E-state index in [1.165, 1.54) is 11.8 Å². The Morgan fingerprint density at radius 2 is 1.85 bits per heavy atom. The van der Waals surface area contributed by atoms with Crippen molar-refractivity contribution in [3.05, 3.63) is 59.7 Å². The van der Waals surface area contributed by atoms with Gasteiger partial charge in [-0.1, -0.05) is 29.8 Å². The van der Waals surface area contributed by atoms with E-state index in [0.717, 1.165) is 10.5 Å². The van der Waals surface area contributed by atoms with Crippen molar-refractivity contribution < 1.29 is 14.3 Å². The molecule has 0 aliphatic carbocycles. The van der Waals surface area contributed by atoms with Crippen LogP contribution in [0.25, 0.3) is 0 Å². The molecule has 2 rings (SSSR count). The fourth-order valence-electron chi connectivity index (χ4n) is 1.97. The minimum Gasteiger partial charge on any atom is -0.482 e. The molecule has 2 aromatic carbocycles. The summed E-state index contributed by atoms with van der Waals surface area (Å²) >= 11 is 1.40. The summed E-state index contributed by atoms with van der Waals surface area (Å²) in [6, 6.07) is 16.4. The zero-order chi connectivity index (χ0) is 18.9. The number of thioether (sulfide) groups is 1. The van der Waals surface area contributed by atoms with Crippen LogP contribution < -0.4 is 15.6 Å². The smallest absolute Gasteiger partial charge is 0.276 e. The molecule has 2 amide bonds. The largest absolute Gasteiger partial charge is 0.482 e. The highest BCUT2D eigenvalue weighted by atomic mass is 32.2. The molecule has 0 heterocycles. The van der Waals surface area contributed by atoms with Crippen LogP contribution in [0, 0.1) is 18.3 Å². The Balaban J connectivity index is 1.76. The maximum atomic E-state index is 12.1. The Bertz CT molecular complexity index is 816. The Morgan fingerprint density at radius 1 is 1.15 bits per heavy atom. The van der Waals surface area contributed by atoms with Gasteiger partial charge in [-0.2, -0.15) is 5.26 Å². The number of nitrogens with zero attached hydrogens (tertiary/aromatic N) is 1. The Morgan fingerprint density at radius 3 is 2.54 bits per heavy atom. The van der Waals surface area contributed by atoms with Crippen molar-refractivity contribution in [3.8, 4) is 11.8 Å². The van der Waals surface area contributed by atoms with Crippen LogP contribution in [0.3, 0.4) is 0 Å². The lowest BCUT2D eigenvalue weighted by atomic mass is 10.2. The van der Waals surface area contributed by atoms with E-state index in [4.69, 9.17) is 10.00 Å². The summed E-state index contributed by atoms with van der Waals surface area (Å²) in [7, 11) is 0. The first-order valence-corrected chi connectivity index (χ1v) is 8.81. The molecule has 2 aromatic rings. The molecule has 0 saturated heterocycles. The summed E-state index contributed by atoms with van der Waals surface area (Å²) < 4.78 is 5.30. The zero-order valence-electron chi connectivity index (χ0n) is 14.5. The van der Waals surface area contributed by atoms with E-state index in [-0.39, 0.29) is 17.8 Å². The Labute approximate surface area is 156 Å². The second-order valence-corrected chi connectivity index (χ2v) is 6.92. The van der Waals surface area contributed by atoms with Gasteiger partial charge in [0, 0.05) is 4.90 Å². The standard InChI is InChI=1S/C19H19N3O3S/c1-13-7-9-16(10-8-13)26-14(2)19(24)22-21-18(23)12-25-17-6-4-3-5-15(17)11-20/h3-10,14H,12H2,1-2H3,(H,21,23)(H,22,24)/t14-/m1/s1. The SMILES string of the molecule is Cc1ccc(S[C@H](C)C(=O)NNC(=O)COc2ccccc2C#N)cc1. The number of amides is 2. The number of nitrogens with one attached hydrogen (secondary N) is 2. The van der Waals surface area contributed by atoms with E-state index in [9.17, 15) is 9.59 Å². The third-order valence-electron chi connectivity index (χ3n) is 3.39. The number of hydrazine groups is 1. The van der Waals surface area contributed by atoms with Crippen LogP contribution in [-0.2, 0) is 9.59 Å². The van der Waals surface area contributed by atoms with E-state index in [0.29, 0.717) is 11.3 Å². The molecular formula is C19H19N3O3S. The van der Waals surface area contributed by atoms with Crippen LogP contribution in [0.1, 0.15) is 18.1 Å². The van der Waals surface area contributed by atoms with Crippen LogP contribution in [0.2, 0.25) is 0 Å². The summed E-state index contributed by atoms with van der Waals surface area (Å²) in [6.45, 7) is 3.45. The molecule has 7 heteroatoms. The van der Waals surface area contributed by atoms with Gasteiger partial charge in [0.2, 0.25) is 0 Å². The molecule has 0 spiro atoms. The summed E-state index contributed by atoms with van der Waals surface area (Å²) in [6.07, 6.45) is 0. The number of aryl methyl sites for hydroxylation is 1. The van der Waals surface area contributed by atoms with Crippen LogP contribution in [0.4, 0.5) is 0 Å². The van der Waals surface area contributed by atoms with E-state index in [1.54, 1.807) is 31.2 Å². The average molecular weight is 369 g/mol. The molecule has 0 unspecified atom stereocenters. The maximum absolute atomic E-state index is 12.1. The minimum atomic E-state index is -0.515. The predicted octanol–water partition coefficient (Wildman–Crippen LogP) is 2.57. The van der Waals surface area contributed by atoms with Crippen molar-refractivity contribution in [1.82, 2.24) is 10.9 Å². The van der Waals surface area contributed by atoms with Crippen molar-refractivity contribution in [1.29, 1.82) is 5.26 Å². The van der Waals surface area contributed by atoms with Gasteiger partial charge in [-0.3, -0.25) is 20.4 Å². The van der Waals surface area contributed by atoms with Gasteiger partial charge in [-0.25, -0.2) is 0 Å². The van der Waals surface area contributed by atoms with Crippen LogP contribution in [-0.4, -0.2) is 23.7 Å². The van der Waals surface area contributed by atoms with Crippen molar-refractivity contribution in [3.63, 3.8) is 0 Å². The number of nitriles is 1. The highest BCUT2D eigenvalue weighted by Gasteiger charge is 2.15. The lowest BCUT2D eigenvalue weighted by Crippen LogP contribution is -2.46. The molecule has 0 fully saturated rings. The first kappa shape index (κ1) is 19.3. The molecule has 6 nitrogen and oxygen atoms in total. The van der Waals surface area contributed by atoms with Crippen molar-refractivity contribution >= 4 is 23.6 Å². The number of rotatable bonds is 6. The van der Waals surface area contributed by atoms with E-state index in [1.807, 2.05) is 37.3 Å². The molecule has 0 aliphatic heterocycles. The van der Waals surface area contributed by atoms with Gasteiger partial charge >= 0.3 is 0 Å². The number of carbonyl (C=O) groups is 2.